The summed E-state index contributed by atoms with van der Waals surface area (Å²) in [4.78, 5) is 15.1. The number of ether oxygens (including phenoxy) is 1. The van der Waals surface area contributed by atoms with Crippen LogP contribution in [0.3, 0.4) is 0 Å². The van der Waals surface area contributed by atoms with Crippen molar-refractivity contribution in [2.75, 3.05) is 19.8 Å². The molecule has 1 saturated heterocycles. The largest absolute Gasteiger partial charge is 0.381 e. The molecule has 0 bridgehead atoms. The van der Waals surface area contributed by atoms with Gasteiger partial charge in [0.15, 0.2) is 5.96 Å². The number of nitro groups is 1. The van der Waals surface area contributed by atoms with E-state index in [0.29, 0.717) is 18.5 Å². The average molecular weight is 374 g/mol. The van der Waals surface area contributed by atoms with Crippen molar-refractivity contribution in [3.63, 3.8) is 0 Å². The van der Waals surface area contributed by atoms with Crippen LogP contribution < -0.4 is 10.6 Å². The second-order valence-corrected chi connectivity index (χ2v) is 7.80. The number of benzene rings is 1. The van der Waals surface area contributed by atoms with Crippen LogP contribution in [0.15, 0.2) is 29.3 Å². The minimum Gasteiger partial charge on any atom is -0.381 e. The molecule has 2 N–H and O–H groups in total. The Hall–Kier alpha value is -2.15. The standard InChI is InChI=1S/C20H30N4O3/c1-15-2-6-18(7-3-15)23-20(22-13-17-10-11-27-14-17)21-12-16-4-8-19(9-5-16)24(25)26/h4-5,8-9,15,17-18H,2-3,6-7,10-14H2,1H3,(H2,21,22,23). The monoisotopic (exact) mass is 374 g/mol. The summed E-state index contributed by atoms with van der Waals surface area (Å²) in [5, 5.41) is 17.8. The molecule has 1 heterocycles. The number of aliphatic imine (C=N–C) groups is 1. The van der Waals surface area contributed by atoms with Gasteiger partial charge in [-0.15, -0.1) is 0 Å². The second kappa shape index (κ2) is 9.69. The summed E-state index contributed by atoms with van der Waals surface area (Å²) in [6.45, 7) is 5.32. The van der Waals surface area contributed by atoms with Gasteiger partial charge in [0, 0.05) is 37.2 Å². The van der Waals surface area contributed by atoms with Gasteiger partial charge < -0.3 is 15.4 Å². The van der Waals surface area contributed by atoms with Crippen LogP contribution in [0.1, 0.15) is 44.6 Å². The predicted molar refractivity (Wildman–Crippen MR) is 106 cm³/mol. The van der Waals surface area contributed by atoms with Gasteiger partial charge in [-0.25, -0.2) is 4.99 Å². The quantitative estimate of drug-likeness (QED) is 0.345. The maximum absolute atomic E-state index is 10.8. The SMILES string of the molecule is CC1CCC(NC(=NCc2ccc([N+](=O)[O-])cc2)NCC2CCOC2)CC1. The maximum Gasteiger partial charge on any atom is 0.269 e. The zero-order valence-electron chi connectivity index (χ0n) is 16.0. The molecule has 1 saturated carbocycles. The van der Waals surface area contributed by atoms with Crippen LogP contribution in [0.4, 0.5) is 5.69 Å². The number of nitrogens with one attached hydrogen (secondary N) is 2. The number of hydrogen-bond donors (Lipinski definition) is 2. The van der Waals surface area contributed by atoms with E-state index in [-0.39, 0.29) is 10.6 Å². The Kier molecular flexibility index (Phi) is 7.04. The Labute approximate surface area is 160 Å². The fourth-order valence-electron chi connectivity index (χ4n) is 3.63. The van der Waals surface area contributed by atoms with Crippen molar-refractivity contribution >= 4 is 11.6 Å². The van der Waals surface area contributed by atoms with E-state index in [1.54, 1.807) is 12.1 Å². The lowest BCUT2D eigenvalue weighted by Gasteiger charge is -2.28. The Morgan fingerprint density at radius 1 is 1.22 bits per heavy atom. The molecule has 0 radical (unpaired) electrons. The summed E-state index contributed by atoms with van der Waals surface area (Å²) in [7, 11) is 0. The first kappa shape index (κ1) is 19.6. The minimum atomic E-state index is -0.380. The molecule has 1 aromatic carbocycles. The number of non-ortho nitro benzene ring substituents is 1. The maximum atomic E-state index is 10.8. The Balaban J connectivity index is 1.59. The highest BCUT2D eigenvalue weighted by Gasteiger charge is 2.20. The van der Waals surface area contributed by atoms with Crippen LogP contribution in [0.2, 0.25) is 0 Å². The van der Waals surface area contributed by atoms with E-state index in [9.17, 15) is 10.1 Å². The van der Waals surface area contributed by atoms with Crippen LogP contribution >= 0.6 is 0 Å². The average Bonchev–Trinajstić information content (AvgIpc) is 3.19. The van der Waals surface area contributed by atoms with Gasteiger partial charge in [-0.3, -0.25) is 10.1 Å². The van der Waals surface area contributed by atoms with Crippen LogP contribution in [-0.4, -0.2) is 36.7 Å². The molecule has 2 fully saturated rings. The Morgan fingerprint density at radius 3 is 2.59 bits per heavy atom. The molecule has 148 valence electrons. The highest BCUT2D eigenvalue weighted by molar-refractivity contribution is 5.80. The van der Waals surface area contributed by atoms with E-state index >= 15 is 0 Å². The lowest BCUT2D eigenvalue weighted by molar-refractivity contribution is -0.384. The molecule has 1 aromatic rings. The van der Waals surface area contributed by atoms with E-state index in [4.69, 9.17) is 9.73 Å². The van der Waals surface area contributed by atoms with Gasteiger partial charge in [0.1, 0.15) is 0 Å². The first-order chi connectivity index (χ1) is 13.1. The van der Waals surface area contributed by atoms with Crippen molar-refractivity contribution in [3.05, 3.63) is 39.9 Å². The summed E-state index contributed by atoms with van der Waals surface area (Å²) < 4.78 is 5.46. The number of hydrogen-bond acceptors (Lipinski definition) is 4. The summed E-state index contributed by atoms with van der Waals surface area (Å²) in [6, 6.07) is 7.07. The molecule has 7 heteroatoms. The molecule has 2 aliphatic rings. The van der Waals surface area contributed by atoms with Gasteiger partial charge in [-0.1, -0.05) is 19.1 Å². The van der Waals surface area contributed by atoms with E-state index < -0.39 is 0 Å². The Morgan fingerprint density at radius 2 is 1.96 bits per heavy atom. The zero-order valence-corrected chi connectivity index (χ0v) is 16.0. The highest BCUT2D eigenvalue weighted by atomic mass is 16.6. The van der Waals surface area contributed by atoms with E-state index in [1.165, 1.54) is 37.8 Å². The molecule has 0 aromatic heterocycles. The van der Waals surface area contributed by atoms with Gasteiger partial charge in [0.05, 0.1) is 18.1 Å². The molecule has 1 atom stereocenters. The van der Waals surface area contributed by atoms with Crippen molar-refractivity contribution in [2.24, 2.45) is 16.8 Å². The van der Waals surface area contributed by atoms with E-state index in [1.807, 2.05) is 0 Å². The molecular formula is C20H30N4O3. The third-order valence-corrected chi connectivity index (χ3v) is 5.51. The topological polar surface area (TPSA) is 88.8 Å². The molecule has 27 heavy (non-hydrogen) atoms. The fourth-order valence-corrected chi connectivity index (χ4v) is 3.63. The molecule has 3 rings (SSSR count). The summed E-state index contributed by atoms with van der Waals surface area (Å²) in [5.41, 5.74) is 1.07. The van der Waals surface area contributed by atoms with Crippen molar-refractivity contribution < 1.29 is 9.66 Å². The van der Waals surface area contributed by atoms with Crippen LogP contribution in [0.25, 0.3) is 0 Å². The van der Waals surface area contributed by atoms with Crippen molar-refractivity contribution in [1.82, 2.24) is 10.6 Å². The summed E-state index contributed by atoms with van der Waals surface area (Å²) in [5.74, 6) is 2.18. The number of guanidine groups is 1. The minimum absolute atomic E-state index is 0.108. The van der Waals surface area contributed by atoms with Gasteiger partial charge in [-0.05, 0) is 43.6 Å². The molecule has 1 unspecified atom stereocenters. The van der Waals surface area contributed by atoms with Crippen LogP contribution in [0, 0.1) is 22.0 Å². The van der Waals surface area contributed by atoms with Crippen LogP contribution in [0.5, 0.6) is 0 Å². The third-order valence-electron chi connectivity index (χ3n) is 5.51. The molecule has 0 amide bonds. The lowest BCUT2D eigenvalue weighted by Crippen LogP contribution is -2.46. The zero-order chi connectivity index (χ0) is 19.1. The lowest BCUT2D eigenvalue weighted by atomic mass is 9.87. The van der Waals surface area contributed by atoms with Crippen molar-refractivity contribution in [3.8, 4) is 0 Å². The number of nitrogens with zero attached hydrogens (tertiary/aromatic N) is 2. The fraction of sp³-hybridized carbons (Fsp3) is 0.650. The molecule has 1 aliphatic heterocycles. The van der Waals surface area contributed by atoms with Gasteiger partial charge in [0.2, 0.25) is 0 Å². The van der Waals surface area contributed by atoms with E-state index in [2.05, 4.69) is 17.6 Å². The van der Waals surface area contributed by atoms with Gasteiger partial charge in [-0.2, -0.15) is 0 Å². The second-order valence-electron chi connectivity index (χ2n) is 7.80. The molecule has 0 spiro atoms. The molecule has 7 nitrogen and oxygen atoms in total. The normalized spacial score (nSPS) is 26.0. The molecular weight excluding hydrogens is 344 g/mol. The third kappa shape index (κ3) is 6.20. The molecule has 1 aliphatic carbocycles. The van der Waals surface area contributed by atoms with Gasteiger partial charge in [0.25, 0.3) is 5.69 Å². The van der Waals surface area contributed by atoms with E-state index in [0.717, 1.165) is 43.6 Å². The van der Waals surface area contributed by atoms with Crippen molar-refractivity contribution in [1.29, 1.82) is 0 Å². The predicted octanol–water partition coefficient (Wildman–Crippen LogP) is 3.25. The van der Waals surface area contributed by atoms with Crippen molar-refractivity contribution in [2.45, 2.75) is 51.6 Å². The smallest absolute Gasteiger partial charge is 0.269 e. The van der Waals surface area contributed by atoms with Crippen LogP contribution in [-0.2, 0) is 11.3 Å². The van der Waals surface area contributed by atoms with Gasteiger partial charge >= 0.3 is 0 Å². The summed E-state index contributed by atoms with van der Waals surface area (Å²) in [6.07, 6.45) is 5.94. The first-order valence-corrected chi connectivity index (χ1v) is 9.96. The Bertz CT molecular complexity index is 633. The number of rotatable bonds is 6. The number of nitro benzene ring substituents is 1. The summed E-state index contributed by atoms with van der Waals surface area (Å²) >= 11 is 0. The highest BCUT2D eigenvalue weighted by Crippen LogP contribution is 2.23. The first-order valence-electron chi connectivity index (χ1n) is 9.96.